The summed E-state index contributed by atoms with van der Waals surface area (Å²) in [6.07, 6.45) is 5.53. The van der Waals surface area contributed by atoms with Crippen molar-refractivity contribution in [1.29, 1.82) is 0 Å². The molecule has 0 aliphatic carbocycles. The number of aliphatic hydroxyl groups is 1. The smallest absolute Gasteiger partial charge is 0.334 e. The predicted octanol–water partition coefficient (Wildman–Crippen LogP) is 4.78. The molecule has 1 fully saturated rings. The molecule has 0 radical (unpaired) electrons. The van der Waals surface area contributed by atoms with Crippen LogP contribution in [0.4, 0.5) is 0 Å². The van der Waals surface area contributed by atoms with Crippen LogP contribution < -0.4 is 9.47 Å². The lowest BCUT2D eigenvalue weighted by Crippen LogP contribution is -2.39. The minimum atomic E-state index is -1.02. The molecule has 29 heavy (non-hydrogen) atoms. The van der Waals surface area contributed by atoms with E-state index in [0.29, 0.717) is 35.5 Å². The second-order valence-electron chi connectivity index (χ2n) is 8.96. The highest BCUT2D eigenvalue weighted by Crippen LogP contribution is 2.33. The molecule has 1 aromatic carbocycles. The molecule has 1 aliphatic heterocycles. The molecule has 5 heteroatoms. The number of benzene rings is 1. The Morgan fingerprint density at radius 3 is 2.21 bits per heavy atom. The lowest BCUT2D eigenvalue weighted by atomic mass is 9.86. The molecule has 162 valence electrons. The number of carbonyl (C=O) groups excluding carboxylic acids is 1. The first-order chi connectivity index (χ1) is 13.8. The maximum atomic E-state index is 12.4. The zero-order valence-electron chi connectivity index (χ0n) is 18.4. The number of hydrogen-bond donors (Lipinski definition) is 1. The molecule has 1 atom stereocenters. The molecule has 1 heterocycles. The third kappa shape index (κ3) is 7.07. The normalized spacial score (nSPS) is 20.7. The number of rotatable bonds is 11. The van der Waals surface area contributed by atoms with E-state index in [-0.39, 0.29) is 19.2 Å². The van der Waals surface area contributed by atoms with Crippen LogP contribution in [0.2, 0.25) is 0 Å². The van der Waals surface area contributed by atoms with Crippen LogP contribution in [0.25, 0.3) is 0 Å². The van der Waals surface area contributed by atoms with E-state index in [1.807, 2.05) is 6.08 Å². The van der Waals surface area contributed by atoms with Crippen molar-refractivity contribution in [2.45, 2.75) is 59.0 Å². The van der Waals surface area contributed by atoms with Crippen LogP contribution in [-0.2, 0) is 9.53 Å². The summed E-state index contributed by atoms with van der Waals surface area (Å²) in [5.74, 6) is 2.84. The second-order valence-corrected chi connectivity index (χ2v) is 8.96. The van der Waals surface area contributed by atoms with E-state index in [4.69, 9.17) is 14.2 Å². The van der Waals surface area contributed by atoms with Crippen molar-refractivity contribution in [1.82, 2.24) is 0 Å². The Morgan fingerprint density at radius 2 is 1.69 bits per heavy atom. The van der Waals surface area contributed by atoms with Crippen molar-refractivity contribution in [3.05, 3.63) is 35.9 Å². The summed E-state index contributed by atoms with van der Waals surface area (Å²) in [6.45, 7) is 8.78. The lowest BCUT2D eigenvalue weighted by Gasteiger charge is -2.24. The molecular formula is C24H36O5. The molecule has 1 saturated heterocycles. The average molecular weight is 405 g/mol. The van der Waals surface area contributed by atoms with E-state index < -0.39 is 5.60 Å². The van der Waals surface area contributed by atoms with Crippen molar-refractivity contribution in [2.75, 3.05) is 20.3 Å². The molecule has 1 unspecified atom stereocenters. The fourth-order valence-corrected chi connectivity index (χ4v) is 3.91. The van der Waals surface area contributed by atoms with Gasteiger partial charge in [-0.15, -0.1) is 0 Å². The molecule has 5 nitrogen and oxygen atoms in total. The summed E-state index contributed by atoms with van der Waals surface area (Å²) < 4.78 is 16.5. The van der Waals surface area contributed by atoms with Gasteiger partial charge in [0.2, 0.25) is 0 Å². The minimum absolute atomic E-state index is 0.111. The Hall–Kier alpha value is -2.01. The molecule has 1 aliphatic rings. The number of cyclic esters (lactones) is 1. The monoisotopic (exact) mass is 404 g/mol. The van der Waals surface area contributed by atoms with E-state index in [9.17, 15) is 9.90 Å². The summed E-state index contributed by atoms with van der Waals surface area (Å²) >= 11 is 0. The van der Waals surface area contributed by atoms with E-state index in [1.54, 1.807) is 31.4 Å². The zero-order chi connectivity index (χ0) is 21.4. The molecule has 0 amide bonds. The Bertz CT molecular complexity index is 667. The second kappa shape index (κ2) is 10.7. The van der Waals surface area contributed by atoms with Gasteiger partial charge in [-0.05, 0) is 61.3 Å². The topological polar surface area (TPSA) is 65.0 Å². The Labute approximate surface area is 175 Å². The highest BCUT2D eigenvalue weighted by molar-refractivity contribution is 5.91. The van der Waals surface area contributed by atoms with Gasteiger partial charge < -0.3 is 19.3 Å². The lowest BCUT2D eigenvalue weighted by molar-refractivity contribution is -0.153. The van der Waals surface area contributed by atoms with Gasteiger partial charge >= 0.3 is 5.97 Å². The fourth-order valence-electron chi connectivity index (χ4n) is 3.91. The number of allylic oxidation sites excluding steroid dienone is 1. The fraction of sp³-hybridized carbons (Fsp3) is 0.625. The van der Waals surface area contributed by atoms with Crippen molar-refractivity contribution in [3.8, 4) is 11.5 Å². The molecule has 0 spiro atoms. The summed E-state index contributed by atoms with van der Waals surface area (Å²) in [4.78, 5) is 12.4. The van der Waals surface area contributed by atoms with Crippen molar-refractivity contribution < 1.29 is 24.1 Å². The number of carbonyl (C=O) groups is 1. The third-order valence-corrected chi connectivity index (χ3v) is 5.24. The van der Waals surface area contributed by atoms with E-state index in [0.717, 1.165) is 25.0 Å². The van der Waals surface area contributed by atoms with Crippen LogP contribution in [0.1, 0.15) is 53.4 Å². The number of ether oxygens (including phenoxy) is 3. The maximum absolute atomic E-state index is 12.4. The van der Waals surface area contributed by atoms with Crippen LogP contribution >= 0.6 is 0 Å². The Balaban J connectivity index is 2.01. The van der Waals surface area contributed by atoms with Crippen molar-refractivity contribution in [2.24, 2.45) is 17.8 Å². The predicted molar refractivity (Wildman–Crippen MR) is 114 cm³/mol. The third-order valence-electron chi connectivity index (χ3n) is 5.24. The molecule has 1 N–H and O–H groups in total. The van der Waals surface area contributed by atoms with Crippen LogP contribution in [0, 0.1) is 17.8 Å². The maximum Gasteiger partial charge on any atom is 0.334 e. The van der Waals surface area contributed by atoms with Gasteiger partial charge in [0.15, 0.2) is 5.60 Å². The van der Waals surface area contributed by atoms with Gasteiger partial charge in [-0.25, -0.2) is 4.79 Å². The summed E-state index contributed by atoms with van der Waals surface area (Å²) in [7, 11) is 1.61. The van der Waals surface area contributed by atoms with Gasteiger partial charge in [-0.1, -0.05) is 33.8 Å². The number of esters is 1. The quantitative estimate of drug-likeness (QED) is 0.425. The van der Waals surface area contributed by atoms with Gasteiger partial charge in [0.25, 0.3) is 0 Å². The van der Waals surface area contributed by atoms with Crippen LogP contribution in [0.15, 0.2) is 35.9 Å². The van der Waals surface area contributed by atoms with Gasteiger partial charge in [0.1, 0.15) is 18.1 Å². The molecule has 1 aromatic rings. The van der Waals surface area contributed by atoms with Gasteiger partial charge in [-0.3, -0.25) is 0 Å². The van der Waals surface area contributed by atoms with Crippen LogP contribution in [-0.4, -0.2) is 37.0 Å². The van der Waals surface area contributed by atoms with Crippen molar-refractivity contribution >= 4 is 5.97 Å². The molecular weight excluding hydrogens is 368 g/mol. The summed E-state index contributed by atoms with van der Waals surface area (Å²) in [5.41, 5.74) is -0.371. The molecule has 0 bridgehead atoms. The first-order valence-corrected chi connectivity index (χ1v) is 10.6. The Morgan fingerprint density at radius 1 is 1.10 bits per heavy atom. The summed E-state index contributed by atoms with van der Waals surface area (Å²) in [6, 6.07) is 7.19. The van der Waals surface area contributed by atoms with Crippen LogP contribution in [0.5, 0.6) is 11.5 Å². The van der Waals surface area contributed by atoms with Gasteiger partial charge in [0.05, 0.1) is 13.7 Å². The number of aliphatic hydroxyl groups excluding tert-OH is 1. The Kier molecular flexibility index (Phi) is 8.57. The average Bonchev–Trinajstić information content (AvgIpc) is 3.00. The highest BCUT2D eigenvalue weighted by atomic mass is 16.6. The minimum Gasteiger partial charge on any atom is -0.497 e. The van der Waals surface area contributed by atoms with E-state index in [2.05, 4.69) is 27.7 Å². The van der Waals surface area contributed by atoms with Crippen LogP contribution in [0.3, 0.4) is 0 Å². The highest BCUT2D eigenvalue weighted by Gasteiger charge is 2.44. The number of hydrogen-bond acceptors (Lipinski definition) is 5. The van der Waals surface area contributed by atoms with E-state index in [1.165, 1.54) is 0 Å². The molecule has 0 saturated carbocycles. The molecule has 2 rings (SSSR count). The largest absolute Gasteiger partial charge is 0.497 e. The first kappa shape index (κ1) is 23.3. The summed E-state index contributed by atoms with van der Waals surface area (Å²) in [5, 5.41) is 9.92. The van der Waals surface area contributed by atoms with Crippen molar-refractivity contribution in [3.63, 3.8) is 0 Å². The van der Waals surface area contributed by atoms with Gasteiger partial charge in [-0.2, -0.15) is 0 Å². The molecule has 0 aromatic heterocycles. The SMILES string of the molecule is COc1ccc(OCC2(CO)C/C(=C/CC(CC(C)C)CC(C)C)C(=O)O2)cc1. The standard InChI is InChI=1S/C24H36O5/c1-17(2)12-19(13-18(3)4)6-7-20-14-24(15-25,29-23(20)26)16-28-22-10-8-21(27-5)9-11-22/h7-11,17-19,25H,6,12-16H2,1-5H3/b20-7-. The zero-order valence-corrected chi connectivity index (χ0v) is 18.4. The van der Waals surface area contributed by atoms with E-state index >= 15 is 0 Å². The first-order valence-electron chi connectivity index (χ1n) is 10.6. The number of methoxy groups -OCH3 is 1. The van der Waals surface area contributed by atoms with Gasteiger partial charge in [0, 0.05) is 12.0 Å².